The molecule has 136 valence electrons. The molecule has 0 spiro atoms. The normalized spacial score (nSPS) is 16.8. The largest absolute Gasteiger partial charge is 0.342 e. The average Bonchev–Trinajstić information content (AvgIpc) is 3.02. The van der Waals surface area contributed by atoms with Crippen LogP contribution < -0.4 is 5.32 Å². The Bertz CT molecular complexity index is 789. The predicted molar refractivity (Wildman–Crippen MR) is 99.2 cm³/mol. The van der Waals surface area contributed by atoms with Gasteiger partial charge in [0.05, 0.1) is 5.92 Å². The van der Waals surface area contributed by atoms with Crippen LogP contribution in [0.1, 0.15) is 24.5 Å². The van der Waals surface area contributed by atoms with Gasteiger partial charge in [-0.05, 0) is 42.2 Å². The van der Waals surface area contributed by atoms with Crippen molar-refractivity contribution >= 4 is 17.5 Å². The number of hydrogen-bond donors (Lipinski definition) is 1. The number of halogens is 1. The summed E-state index contributed by atoms with van der Waals surface area (Å²) in [6.07, 6.45) is 1.73. The molecule has 0 saturated carbocycles. The zero-order valence-corrected chi connectivity index (χ0v) is 14.9. The fraction of sp³-hybridized carbons (Fsp3) is 0.333. The summed E-state index contributed by atoms with van der Waals surface area (Å²) in [5.41, 5.74) is 2.87. The van der Waals surface area contributed by atoms with Gasteiger partial charge in [-0.1, -0.05) is 37.3 Å². The molecule has 1 saturated heterocycles. The molecular formula is C21H23FN2O2. The Hall–Kier alpha value is -2.69. The van der Waals surface area contributed by atoms with Crippen LogP contribution in [0, 0.1) is 11.7 Å². The highest BCUT2D eigenvalue weighted by atomic mass is 19.1. The number of para-hydroxylation sites is 1. The Morgan fingerprint density at radius 1 is 1.19 bits per heavy atom. The van der Waals surface area contributed by atoms with Gasteiger partial charge in [0, 0.05) is 25.2 Å². The maximum atomic E-state index is 13.0. The first kappa shape index (κ1) is 18.1. The first-order valence-electron chi connectivity index (χ1n) is 8.97. The van der Waals surface area contributed by atoms with Crippen LogP contribution in [0.5, 0.6) is 0 Å². The minimum atomic E-state index is -0.333. The highest BCUT2D eigenvalue weighted by Gasteiger charge is 2.34. The van der Waals surface area contributed by atoms with Crippen LogP contribution in [-0.4, -0.2) is 29.8 Å². The summed E-state index contributed by atoms with van der Waals surface area (Å²) in [4.78, 5) is 26.5. The third-order valence-electron chi connectivity index (χ3n) is 4.83. The van der Waals surface area contributed by atoms with E-state index in [0.717, 1.165) is 23.2 Å². The molecule has 0 aromatic heterocycles. The maximum absolute atomic E-state index is 13.0. The van der Waals surface area contributed by atoms with E-state index in [2.05, 4.69) is 5.32 Å². The summed E-state index contributed by atoms with van der Waals surface area (Å²) < 4.78 is 13.0. The van der Waals surface area contributed by atoms with Crippen molar-refractivity contribution in [3.05, 3.63) is 65.5 Å². The van der Waals surface area contributed by atoms with Gasteiger partial charge in [0.2, 0.25) is 11.8 Å². The van der Waals surface area contributed by atoms with Gasteiger partial charge in [0.1, 0.15) is 5.82 Å². The van der Waals surface area contributed by atoms with Gasteiger partial charge in [-0.15, -0.1) is 0 Å². The van der Waals surface area contributed by atoms with Crippen molar-refractivity contribution in [2.45, 2.75) is 26.2 Å². The predicted octanol–water partition coefficient (Wildman–Crippen LogP) is 3.42. The molecule has 5 heteroatoms. The van der Waals surface area contributed by atoms with Crippen LogP contribution >= 0.6 is 0 Å². The third-order valence-corrected chi connectivity index (χ3v) is 4.83. The Labute approximate surface area is 153 Å². The van der Waals surface area contributed by atoms with Gasteiger partial charge in [-0.2, -0.15) is 0 Å². The van der Waals surface area contributed by atoms with Gasteiger partial charge in [0.25, 0.3) is 0 Å². The first-order chi connectivity index (χ1) is 12.6. The molecule has 4 nitrogen and oxygen atoms in total. The lowest BCUT2D eigenvalue weighted by atomic mass is 10.1. The number of aryl methyl sites for hydroxylation is 1. The lowest BCUT2D eigenvalue weighted by molar-refractivity contribution is -0.128. The molecule has 1 aliphatic heterocycles. The SMILES string of the molecule is CCc1ccccc1NC(=O)[C@H]1CC(=O)N(CCc2ccc(F)cc2)C1. The van der Waals surface area contributed by atoms with Crippen LogP contribution in [0.25, 0.3) is 0 Å². The quantitative estimate of drug-likeness (QED) is 0.864. The zero-order chi connectivity index (χ0) is 18.5. The van der Waals surface area contributed by atoms with Crippen LogP contribution in [0.15, 0.2) is 48.5 Å². The number of hydrogen-bond acceptors (Lipinski definition) is 2. The van der Waals surface area contributed by atoms with E-state index < -0.39 is 0 Å². The van der Waals surface area contributed by atoms with Crippen molar-refractivity contribution in [1.29, 1.82) is 0 Å². The molecular weight excluding hydrogens is 331 g/mol. The van der Waals surface area contributed by atoms with Crippen molar-refractivity contribution in [1.82, 2.24) is 4.90 Å². The molecule has 0 unspecified atom stereocenters. The Kier molecular flexibility index (Phi) is 5.66. The Morgan fingerprint density at radius 3 is 2.65 bits per heavy atom. The van der Waals surface area contributed by atoms with Gasteiger partial charge in [-0.25, -0.2) is 4.39 Å². The summed E-state index contributed by atoms with van der Waals surface area (Å²) in [7, 11) is 0. The Balaban J connectivity index is 1.56. The first-order valence-corrected chi connectivity index (χ1v) is 8.97. The van der Waals surface area contributed by atoms with Gasteiger partial charge in [-0.3, -0.25) is 9.59 Å². The summed E-state index contributed by atoms with van der Waals surface area (Å²) in [5.74, 6) is -0.713. The fourth-order valence-electron chi connectivity index (χ4n) is 3.26. The molecule has 1 N–H and O–H groups in total. The third kappa shape index (κ3) is 4.28. The van der Waals surface area contributed by atoms with E-state index in [9.17, 15) is 14.0 Å². The molecule has 2 aromatic rings. The van der Waals surface area contributed by atoms with Gasteiger partial charge < -0.3 is 10.2 Å². The van der Waals surface area contributed by atoms with Gasteiger partial charge in [0.15, 0.2) is 0 Å². The Morgan fingerprint density at radius 2 is 1.92 bits per heavy atom. The van der Waals surface area contributed by atoms with Crippen molar-refractivity contribution in [2.24, 2.45) is 5.92 Å². The maximum Gasteiger partial charge on any atom is 0.229 e. The second kappa shape index (κ2) is 8.13. The number of carbonyl (C=O) groups is 2. The second-order valence-electron chi connectivity index (χ2n) is 6.62. The van der Waals surface area contributed by atoms with Crippen LogP contribution in [0.3, 0.4) is 0 Å². The molecule has 3 rings (SSSR count). The molecule has 1 aliphatic rings. The highest BCUT2D eigenvalue weighted by Crippen LogP contribution is 2.22. The van der Waals surface area contributed by atoms with Crippen LogP contribution in [-0.2, 0) is 22.4 Å². The molecule has 2 aromatic carbocycles. The van der Waals surface area contributed by atoms with Crippen LogP contribution in [0.4, 0.5) is 10.1 Å². The molecule has 2 amide bonds. The minimum absolute atomic E-state index is 0.00367. The summed E-state index contributed by atoms with van der Waals surface area (Å²) in [6, 6.07) is 14.0. The summed E-state index contributed by atoms with van der Waals surface area (Å²) in [6.45, 7) is 3.02. The number of amides is 2. The van der Waals surface area contributed by atoms with E-state index in [1.807, 2.05) is 31.2 Å². The summed E-state index contributed by atoms with van der Waals surface area (Å²) >= 11 is 0. The van der Waals surface area contributed by atoms with Crippen LogP contribution in [0.2, 0.25) is 0 Å². The number of nitrogens with zero attached hydrogens (tertiary/aromatic N) is 1. The molecule has 1 fully saturated rings. The highest BCUT2D eigenvalue weighted by molar-refractivity contribution is 5.97. The topological polar surface area (TPSA) is 49.4 Å². The number of likely N-dealkylation sites (tertiary alicyclic amines) is 1. The molecule has 26 heavy (non-hydrogen) atoms. The van der Waals surface area contributed by atoms with Crippen molar-refractivity contribution in [2.75, 3.05) is 18.4 Å². The van der Waals surface area contributed by atoms with E-state index in [0.29, 0.717) is 19.5 Å². The molecule has 0 aliphatic carbocycles. The van der Waals surface area contributed by atoms with E-state index in [1.54, 1.807) is 17.0 Å². The minimum Gasteiger partial charge on any atom is -0.342 e. The zero-order valence-electron chi connectivity index (χ0n) is 14.9. The van der Waals surface area contributed by atoms with E-state index >= 15 is 0 Å². The van der Waals surface area contributed by atoms with Gasteiger partial charge >= 0.3 is 0 Å². The number of carbonyl (C=O) groups excluding carboxylic acids is 2. The number of anilines is 1. The lowest BCUT2D eigenvalue weighted by Crippen LogP contribution is -2.30. The van der Waals surface area contributed by atoms with Crippen molar-refractivity contribution in [3.8, 4) is 0 Å². The number of benzene rings is 2. The van der Waals surface area contributed by atoms with E-state index in [4.69, 9.17) is 0 Å². The molecule has 1 heterocycles. The number of rotatable bonds is 6. The second-order valence-corrected chi connectivity index (χ2v) is 6.62. The fourth-order valence-corrected chi connectivity index (χ4v) is 3.26. The molecule has 0 bridgehead atoms. The average molecular weight is 354 g/mol. The van der Waals surface area contributed by atoms with E-state index in [-0.39, 0.29) is 30.0 Å². The number of nitrogens with one attached hydrogen (secondary N) is 1. The van der Waals surface area contributed by atoms with E-state index in [1.165, 1.54) is 12.1 Å². The standard InChI is InChI=1S/C21H23FN2O2/c1-2-16-5-3-4-6-19(16)23-21(26)17-13-20(25)24(14-17)12-11-15-7-9-18(22)10-8-15/h3-10,17H,2,11-14H2,1H3,(H,23,26)/t17-/m0/s1. The lowest BCUT2D eigenvalue weighted by Gasteiger charge is -2.17. The van der Waals surface area contributed by atoms with Crippen molar-refractivity contribution in [3.63, 3.8) is 0 Å². The summed E-state index contributed by atoms with van der Waals surface area (Å²) in [5, 5.41) is 2.97. The van der Waals surface area contributed by atoms with Crippen molar-refractivity contribution < 1.29 is 14.0 Å². The molecule has 0 radical (unpaired) electrons. The molecule has 1 atom stereocenters. The monoisotopic (exact) mass is 354 g/mol. The smallest absolute Gasteiger partial charge is 0.229 e.